The minimum atomic E-state index is -0.609. The van der Waals surface area contributed by atoms with Crippen LogP contribution in [0.25, 0.3) is 0 Å². The Bertz CT molecular complexity index is 712. The van der Waals surface area contributed by atoms with Crippen LogP contribution in [0.15, 0.2) is 24.3 Å². The minimum absolute atomic E-state index is 0.0431. The number of nitrogens with zero attached hydrogens (tertiary/aromatic N) is 1. The summed E-state index contributed by atoms with van der Waals surface area (Å²) < 4.78 is 23.8. The molecule has 2 N–H and O–H groups in total. The average molecular weight is 395 g/mol. The highest BCUT2D eigenvalue weighted by Gasteiger charge is 2.30. The second kappa shape index (κ2) is 9.38. The van der Waals surface area contributed by atoms with Gasteiger partial charge < -0.3 is 14.4 Å². The van der Waals surface area contributed by atoms with Crippen LogP contribution in [0.3, 0.4) is 0 Å². The molecule has 8 nitrogen and oxygen atoms in total. The first-order valence-electron chi connectivity index (χ1n) is 9.09. The van der Waals surface area contributed by atoms with Crippen LogP contribution in [-0.2, 0) is 14.3 Å². The Morgan fingerprint density at radius 3 is 2.39 bits per heavy atom. The van der Waals surface area contributed by atoms with Crippen molar-refractivity contribution in [1.82, 2.24) is 15.8 Å². The topological polar surface area (TPSA) is 97.0 Å². The van der Waals surface area contributed by atoms with Crippen molar-refractivity contribution in [3.63, 3.8) is 0 Å². The maximum absolute atomic E-state index is 13.4. The molecule has 154 valence electrons. The number of amides is 3. The van der Waals surface area contributed by atoms with Crippen molar-refractivity contribution in [2.24, 2.45) is 5.92 Å². The Labute approximate surface area is 163 Å². The average Bonchev–Trinajstić information content (AvgIpc) is 2.64. The second-order valence-corrected chi connectivity index (χ2v) is 7.50. The predicted octanol–water partition coefficient (Wildman–Crippen LogP) is 2.00. The van der Waals surface area contributed by atoms with Gasteiger partial charge in [-0.2, -0.15) is 0 Å². The molecule has 0 bridgehead atoms. The molecule has 1 fully saturated rings. The number of benzene rings is 1. The molecular weight excluding hydrogens is 369 g/mol. The van der Waals surface area contributed by atoms with E-state index in [9.17, 15) is 18.8 Å². The fourth-order valence-electron chi connectivity index (χ4n) is 2.63. The lowest BCUT2D eigenvalue weighted by molar-refractivity contribution is -0.133. The van der Waals surface area contributed by atoms with E-state index < -0.39 is 30.0 Å². The molecule has 0 saturated carbocycles. The van der Waals surface area contributed by atoms with Gasteiger partial charge in [-0.25, -0.2) is 9.18 Å². The highest BCUT2D eigenvalue weighted by Crippen LogP contribution is 2.19. The molecular formula is C19H26FN3O5. The number of nitrogens with one attached hydrogen (secondary N) is 2. The first-order valence-corrected chi connectivity index (χ1v) is 9.09. The van der Waals surface area contributed by atoms with Crippen molar-refractivity contribution >= 4 is 17.9 Å². The van der Waals surface area contributed by atoms with Gasteiger partial charge >= 0.3 is 6.09 Å². The number of hydrazine groups is 1. The zero-order chi connectivity index (χ0) is 20.7. The summed E-state index contributed by atoms with van der Waals surface area (Å²) in [6, 6.07) is 5.72. The van der Waals surface area contributed by atoms with E-state index in [1.165, 1.54) is 18.2 Å². The lowest BCUT2D eigenvalue weighted by Crippen LogP contribution is -2.49. The fraction of sp³-hybridized carbons (Fsp3) is 0.526. The van der Waals surface area contributed by atoms with Gasteiger partial charge in [0.1, 0.15) is 5.60 Å². The summed E-state index contributed by atoms with van der Waals surface area (Å²) in [5.74, 6) is -1.90. The molecule has 0 spiro atoms. The molecule has 1 aliphatic rings. The number of ether oxygens (including phenoxy) is 2. The Morgan fingerprint density at radius 1 is 1.14 bits per heavy atom. The van der Waals surface area contributed by atoms with Crippen molar-refractivity contribution in [1.29, 1.82) is 0 Å². The Morgan fingerprint density at radius 2 is 1.79 bits per heavy atom. The quantitative estimate of drug-likeness (QED) is 0.760. The third-order valence-corrected chi connectivity index (χ3v) is 4.04. The van der Waals surface area contributed by atoms with Gasteiger partial charge in [0.05, 0.1) is 0 Å². The first kappa shape index (κ1) is 21.5. The van der Waals surface area contributed by atoms with Crippen molar-refractivity contribution in [2.45, 2.75) is 39.2 Å². The van der Waals surface area contributed by atoms with Gasteiger partial charge in [0.2, 0.25) is 5.91 Å². The lowest BCUT2D eigenvalue weighted by Gasteiger charge is -2.32. The molecule has 1 heterocycles. The highest BCUT2D eigenvalue weighted by atomic mass is 19.1. The minimum Gasteiger partial charge on any atom is -0.481 e. The van der Waals surface area contributed by atoms with Crippen LogP contribution in [-0.4, -0.2) is 48.1 Å². The monoisotopic (exact) mass is 395 g/mol. The predicted molar refractivity (Wildman–Crippen MR) is 98.7 cm³/mol. The molecule has 1 aliphatic heterocycles. The van der Waals surface area contributed by atoms with Crippen LogP contribution in [0.4, 0.5) is 9.18 Å². The van der Waals surface area contributed by atoms with Gasteiger partial charge in [0, 0.05) is 19.0 Å². The van der Waals surface area contributed by atoms with Gasteiger partial charge in [0.25, 0.3) is 5.91 Å². The Balaban J connectivity index is 1.69. The zero-order valence-corrected chi connectivity index (χ0v) is 16.3. The number of carbonyl (C=O) groups is 3. The molecule has 9 heteroatoms. The van der Waals surface area contributed by atoms with Gasteiger partial charge in [-0.15, -0.1) is 0 Å². The molecule has 0 unspecified atom stereocenters. The largest absolute Gasteiger partial charge is 0.481 e. The van der Waals surface area contributed by atoms with E-state index in [2.05, 4.69) is 10.9 Å². The summed E-state index contributed by atoms with van der Waals surface area (Å²) in [7, 11) is 0. The molecule has 1 aromatic carbocycles. The molecule has 0 aliphatic carbocycles. The second-order valence-electron chi connectivity index (χ2n) is 7.50. The van der Waals surface area contributed by atoms with Crippen LogP contribution >= 0.6 is 0 Å². The van der Waals surface area contributed by atoms with E-state index in [0.717, 1.165) is 0 Å². The van der Waals surface area contributed by atoms with Crippen molar-refractivity contribution in [2.75, 3.05) is 19.7 Å². The summed E-state index contributed by atoms with van der Waals surface area (Å²) in [6.07, 6.45) is 0.532. The number of halogens is 1. The third-order valence-electron chi connectivity index (χ3n) is 4.04. The molecule has 1 saturated heterocycles. The SMILES string of the molecule is CC(C)(C)OC(=O)N1CCC(C(=O)NNC(=O)COc2ccccc2F)CC1. The van der Waals surface area contributed by atoms with Gasteiger partial charge in [0.15, 0.2) is 18.2 Å². The summed E-state index contributed by atoms with van der Waals surface area (Å²) >= 11 is 0. The summed E-state index contributed by atoms with van der Waals surface area (Å²) in [6.45, 7) is 5.75. The Kier molecular flexibility index (Phi) is 7.19. The molecule has 0 radical (unpaired) electrons. The highest BCUT2D eigenvalue weighted by molar-refractivity contribution is 5.84. The van der Waals surface area contributed by atoms with Crippen molar-refractivity contribution < 1.29 is 28.2 Å². The van der Waals surface area contributed by atoms with E-state index in [1.54, 1.807) is 31.7 Å². The van der Waals surface area contributed by atoms with Crippen LogP contribution in [0.1, 0.15) is 33.6 Å². The number of piperidine rings is 1. The van der Waals surface area contributed by atoms with Crippen LogP contribution in [0.5, 0.6) is 5.75 Å². The van der Waals surface area contributed by atoms with Crippen molar-refractivity contribution in [3.05, 3.63) is 30.1 Å². The summed E-state index contributed by atoms with van der Waals surface area (Å²) in [5, 5.41) is 0. The summed E-state index contributed by atoms with van der Waals surface area (Å²) in [4.78, 5) is 37.5. The van der Waals surface area contributed by atoms with E-state index in [0.29, 0.717) is 25.9 Å². The maximum Gasteiger partial charge on any atom is 0.410 e. The molecule has 0 atom stereocenters. The number of para-hydroxylation sites is 1. The van der Waals surface area contributed by atoms with Gasteiger partial charge in [-0.3, -0.25) is 20.4 Å². The lowest BCUT2D eigenvalue weighted by atomic mass is 9.96. The molecule has 1 aromatic rings. The Hall–Kier alpha value is -2.84. The number of likely N-dealkylation sites (tertiary alicyclic amines) is 1. The van der Waals surface area contributed by atoms with E-state index >= 15 is 0 Å². The van der Waals surface area contributed by atoms with Crippen molar-refractivity contribution in [3.8, 4) is 5.75 Å². The fourth-order valence-corrected chi connectivity index (χ4v) is 2.63. The normalized spacial score (nSPS) is 14.9. The van der Waals surface area contributed by atoms with Crippen LogP contribution in [0.2, 0.25) is 0 Å². The van der Waals surface area contributed by atoms with Gasteiger partial charge in [-0.05, 0) is 45.7 Å². The van der Waals surface area contributed by atoms with E-state index in [1.807, 2.05) is 0 Å². The molecule has 0 aromatic heterocycles. The summed E-state index contributed by atoms with van der Waals surface area (Å²) in [5.41, 5.74) is 4.01. The molecule has 2 rings (SSSR count). The number of hydrogen-bond donors (Lipinski definition) is 2. The van der Waals surface area contributed by atoms with E-state index in [4.69, 9.17) is 9.47 Å². The molecule has 28 heavy (non-hydrogen) atoms. The van der Waals surface area contributed by atoms with E-state index in [-0.39, 0.29) is 17.6 Å². The standard InChI is InChI=1S/C19H26FN3O5/c1-19(2,3)28-18(26)23-10-8-13(9-11-23)17(25)22-21-16(24)12-27-15-7-5-4-6-14(15)20/h4-7,13H,8-12H2,1-3H3,(H,21,24)(H,22,25). The molecule has 3 amide bonds. The third kappa shape index (κ3) is 6.71. The number of hydrogen-bond acceptors (Lipinski definition) is 5. The number of carbonyl (C=O) groups excluding carboxylic acids is 3. The van der Waals surface area contributed by atoms with Crippen LogP contribution in [0, 0.1) is 11.7 Å². The van der Waals surface area contributed by atoms with Crippen LogP contribution < -0.4 is 15.6 Å². The smallest absolute Gasteiger partial charge is 0.410 e. The maximum atomic E-state index is 13.4. The van der Waals surface area contributed by atoms with Gasteiger partial charge in [-0.1, -0.05) is 12.1 Å². The zero-order valence-electron chi connectivity index (χ0n) is 16.3. The number of rotatable bonds is 4. The first-order chi connectivity index (χ1) is 13.2.